The fourth-order valence-corrected chi connectivity index (χ4v) is 2.07. The lowest BCUT2D eigenvalue weighted by atomic mass is 10.1. The Morgan fingerprint density at radius 2 is 1.58 bits per heavy atom. The summed E-state index contributed by atoms with van der Waals surface area (Å²) < 4.78 is 0. The first-order valence-electron chi connectivity index (χ1n) is 6.26. The Labute approximate surface area is 112 Å². The van der Waals surface area contributed by atoms with Crippen LogP contribution in [0.3, 0.4) is 0 Å². The van der Waals surface area contributed by atoms with Gasteiger partial charge in [-0.15, -0.1) is 0 Å². The van der Waals surface area contributed by atoms with Gasteiger partial charge in [-0.05, 0) is 31.2 Å². The van der Waals surface area contributed by atoms with Gasteiger partial charge >= 0.3 is 0 Å². The van der Waals surface area contributed by atoms with Gasteiger partial charge in [-0.3, -0.25) is 4.98 Å². The Bertz CT molecular complexity index is 777. The Morgan fingerprint density at radius 1 is 0.842 bits per heavy atom. The van der Waals surface area contributed by atoms with E-state index in [1.54, 1.807) is 0 Å². The quantitative estimate of drug-likeness (QED) is 0.545. The molecule has 0 radical (unpaired) electrons. The maximum atomic E-state index is 4.52. The molecule has 1 heterocycles. The first kappa shape index (κ1) is 11.5. The molecule has 0 unspecified atom stereocenters. The molecule has 90 valence electrons. The molecule has 0 amide bonds. The summed E-state index contributed by atoms with van der Waals surface area (Å²) in [5.41, 5.74) is 4.06. The van der Waals surface area contributed by atoms with E-state index in [9.17, 15) is 0 Å². The minimum absolute atomic E-state index is 0.996. The summed E-state index contributed by atoms with van der Waals surface area (Å²) in [5.74, 6) is 6.46. The van der Waals surface area contributed by atoms with Gasteiger partial charge in [0.25, 0.3) is 0 Å². The van der Waals surface area contributed by atoms with Crippen LogP contribution in [-0.2, 0) is 0 Å². The van der Waals surface area contributed by atoms with Crippen LogP contribution in [0.25, 0.3) is 10.9 Å². The standard InChI is InChI=1S/C18H13N/c1-14-13-16(12-11-15-7-3-2-4-8-15)17-9-5-6-10-18(17)19-14/h2-10,13H,1H3. The van der Waals surface area contributed by atoms with Gasteiger partial charge in [0.2, 0.25) is 0 Å². The molecule has 1 aromatic heterocycles. The SMILES string of the molecule is Cc1cc(C#Cc2ccccc2)c2ccccc2n1. The van der Waals surface area contributed by atoms with Crippen LogP contribution in [0, 0.1) is 18.8 Å². The Balaban J connectivity index is 2.13. The number of aromatic nitrogens is 1. The van der Waals surface area contributed by atoms with Gasteiger partial charge in [0.05, 0.1) is 5.52 Å². The van der Waals surface area contributed by atoms with Crippen LogP contribution >= 0.6 is 0 Å². The molecular weight excluding hydrogens is 230 g/mol. The number of benzene rings is 2. The maximum absolute atomic E-state index is 4.52. The Kier molecular flexibility index (Phi) is 3.00. The lowest BCUT2D eigenvalue weighted by molar-refractivity contribution is 1.25. The van der Waals surface area contributed by atoms with Crippen molar-refractivity contribution in [2.75, 3.05) is 0 Å². The molecule has 2 aromatic carbocycles. The summed E-state index contributed by atoms with van der Waals surface area (Å²) in [6.07, 6.45) is 0. The first-order chi connectivity index (χ1) is 9.33. The van der Waals surface area contributed by atoms with E-state index in [0.717, 1.165) is 27.7 Å². The smallest absolute Gasteiger partial charge is 0.0717 e. The summed E-state index contributed by atoms with van der Waals surface area (Å²) in [6, 6.07) is 20.2. The molecule has 0 N–H and O–H groups in total. The number of hydrogen-bond donors (Lipinski definition) is 0. The average Bonchev–Trinajstić information content (AvgIpc) is 2.45. The van der Waals surface area contributed by atoms with E-state index in [-0.39, 0.29) is 0 Å². The van der Waals surface area contributed by atoms with E-state index in [0.29, 0.717) is 0 Å². The monoisotopic (exact) mass is 243 g/mol. The number of aryl methyl sites for hydroxylation is 1. The molecule has 0 spiro atoms. The van der Waals surface area contributed by atoms with E-state index in [1.165, 1.54) is 0 Å². The van der Waals surface area contributed by atoms with Crippen LogP contribution in [-0.4, -0.2) is 4.98 Å². The highest BCUT2D eigenvalue weighted by atomic mass is 14.7. The van der Waals surface area contributed by atoms with E-state index in [4.69, 9.17) is 0 Å². The van der Waals surface area contributed by atoms with Crippen LogP contribution in [0.5, 0.6) is 0 Å². The molecule has 0 fully saturated rings. The molecule has 0 saturated heterocycles. The van der Waals surface area contributed by atoms with Crippen molar-refractivity contribution in [2.45, 2.75) is 6.92 Å². The molecule has 0 aliphatic rings. The van der Waals surface area contributed by atoms with Gasteiger partial charge in [0.15, 0.2) is 0 Å². The van der Waals surface area contributed by atoms with Crippen molar-refractivity contribution in [1.29, 1.82) is 0 Å². The van der Waals surface area contributed by atoms with Gasteiger partial charge in [0.1, 0.15) is 0 Å². The van der Waals surface area contributed by atoms with Gasteiger partial charge in [-0.1, -0.05) is 48.2 Å². The normalized spacial score (nSPS) is 9.95. The molecular formula is C18H13N. The Hall–Kier alpha value is -2.59. The van der Waals surface area contributed by atoms with Crippen LogP contribution in [0.15, 0.2) is 60.7 Å². The number of nitrogens with zero attached hydrogens (tertiary/aromatic N) is 1. The summed E-state index contributed by atoms with van der Waals surface area (Å²) in [4.78, 5) is 4.52. The fourth-order valence-electron chi connectivity index (χ4n) is 2.07. The minimum Gasteiger partial charge on any atom is -0.253 e. The molecule has 0 aliphatic heterocycles. The summed E-state index contributed by atoms with van der Waals surface area (Å²) in [7, 11) is 0. The topological polar surface area (TPSA) is 12.9 Å². The second kappa shape index (κ2) is 4.96. The average molecular weight is 243 g/mol. The molecule has 0 aliphatic carbocycles. The predicted molar refractivity (Wildman–Crippen MR) is 78.9 cm³/mol. The highest BCUT2D eigenvalue weighted by Crippen LogP contribution is 2.17. The van der Waals surface area contributed by atoms with Crippen LogP contribution in [0.1, 0.15) is 16.8 Å². The summed E-state index contributed by atoms with van der Waals surface area (Å²) >= 11 is 0. The van der Waals surface area contributed by atoms with Crippen molar-refractivity contribution in [2.24, 2.45) is 0 Å². The third kappa shape index (κ3) is 2.48. The molecule has 0 atom stereocenters. The number of hydrogen-bond acceptors (Lipinski definition) is 1. The largest absolute Gasteiger partial charge is 0.253 e. The first-order valence-corrected chi connectivity index (χ1v) is 6.26. The number of pyridine rings is 1. The highest BCUT2D eigenvalue weighted by Gasteiger charge is 2.00. The van der Waals surface area contributed by atoms with Crippen LogP contribution < -0.4 is 0 Å². The third-order valence-electron chi connectivity index (χ3n) is 2.96. The molecule has 3 rings (SSSR count). The molecule has 0 bridgehead atoms. The zero-order valence-electron chi connectivity index (χ0n) is 10.7. The molecule has 1 nitrogen and oxygen atoms in total. The fraction of sp³-hybridized carbons (Fsp3) is 0.0556. The van der Waals surface area contributed by atoms with Gasteiger partial charge in [-0.25, -0.2) is 0 Å². The lowest BCUT2D eigenvalue weighted by Crippen LogP contribution is -1.87. The van der Waals surface area contributed by atoms with Gasteiger partial charge in [0, 0.05) is 22.2 Å². The predicted octanol–water partition coefficient (Wildman–Crippen LogP) is 3.94. The molecule has 19 heavy (non-hydrogen) atoms. The maximum Gasteiger partial charge on any atom is 0.0717 e. The second-order valence-corrected chi connectivity index (χ2v) is 4.44. The van der Waals surface area contributed by atoms with E-state index in [1.807, 2.05) is 61.5 Å². The van der Waals surface area contributed by atoms with Gasteiger partial charge < -0.3 is 0 Å². The number of fused-ring (bicyclic) bond motifs is 1. The lowest BCUT2D eigenvalue weighted by Gasteiger charge is -2.01. The Morgan fingerprint density at radius 3 is 2.42 bits per heavy atom. The van der Waals surface area contributed by atoms with Crippen LogP contribution in [0.4, 0.5) is 0 Å². The van der Waals surface area contributed by atoms with Crippen molar-refractivity contribution in [3.8, 4) is 11.8 Å². The van der Waals surface area contributed by atoms with Crippen molar-refractivity contribution >= 4 is 10.9 Å². The number of para-hydroxylation sites is 1. The van der Waals surface area contributed by atoms with E-state index < -0.39 is 0 Å². The number of rotatable bonds is 0. The molecule has 3 aromatic rings. The van der Waals surface area contributed by atoms with Crippen molar-refractivity contribution in [3.63, 3.8) is 0 Å². The van der Waals surface area contributed by atoms with Gasteiger partial charge in [-0.2, -0.15) is 0 Å². The van der Waals surface area contributed by atoms with Crippen molar-refractivity contribution in [1.82, 2.24) is 4.98 Å². The van der Waals surface area contributed by atoms with E-state index in [2.05, 4.69) is 22.9 Å². The summed E-state index contributed by atoms with van der Waals surface area (Å²) in [6.45, 7) is 2.00. The third-order valence-corrected chi connectivity index (χ3v) is 2.96. The summed E-state index contributed by atoms with van der Waals surface area (Å²) in [5, 5.41) is 1.11. The molecule has 0 saturated carbocycles. The van der Waals surface area contributed by atoms with Crippen molar-refractivity contribution in [3.05, 3.63) is 77.5 Å². The molecule has 1 heteroatoms. The minimum atomic E-state index is 0.996. The zero-order chi connectivity index (χ0) is 13.1. The second-order valence-electron chi connectivity index (χ2n) is 4.44. The van der Waals surface area contributed by atoms with E-state index >= 15 is 0 Å². The highest BCUT2D eigenvalue weighted by molar-refractivity contribution is 5.85. The van der Waals surface area contributed by atoms with Crippen LogP contribution in [0.2, 0.25) is 0 Å². The zero-order valence-corrected chi connectivity index (χ0v) is 10.7. The van der Waals surface area contributed by atoms with Crippen molar-refractivity contribution < 1.29 is 0 Å².